The summed E-state index contributed by atoms with van der Waals surface area (Å²) in [6.45, 7) is 0.0858. The molecule has 0 amide bonds. The highest BCUT2D eigenvalue weighted by molar-refractivity contribution is 6.30. The minimum atomic E-state index is -4.50. The summed E-state index contributed by atoms with van der Waals surface area (Å²) in [4.78, 5) is 0. The number of halogens is 5. The van der Waals surface area contributed by atoms with Gasteiger partial charge in [-0.1, -0.05) is 23.7 Å². The third-order valence-electron chi connectivity index (χ3n) is 2.66. The van der Waals surface area contributed by atoms with Crippen molar-refractivity contribution in [2.45, 2.75) is 12.7 Å². The minimum absolute atomic E-state index is 0.00799. The van der Waals surface area contributed by atoms with Gasteiger partial charge in [0, 0.05) is 17.3 Å². The summed E-state index contributed by atoms with van der Waals surface area (Å²) in [6, 6.07) is 9.13. The topological polar surface area (TPSA) is 12.0 Å². The molecule has 2 aromatic carbocycles. The predicted octanol–water partition coefficient (Wildman–Crippen LogP) is 5.11. The van der Waals surface area contributed by atoms with E-state index in [1.807, 2.05) is 0 Å². The Morgan fingerprint density at radius 1 is 1.05 bits per heavy atom. The normalized spacial score (nSPS) is 11.4. The molecule has 0 aliphatic rings. The van der Waals surface area contributed by atoms with Crippen molar-refractivity contribution in [3.63, 3.8) is 0 Å². The molecule has 0 aliphatic carbocycles. The van der Waals surface area contributed by atoms with Crippen molar-refractivity contribution in [1.82, 2.24) is 0 Å². The molecule has 0 unspecified atom stereocenters. The Bertz CT molecular complexity index is 610. The Balaban J connectivity index is 2.21. The van der Waals surface area contributed by atoms with Crippen LogP contribution in [-0.2, 0) is 12.7 Å². The van der Waals surface area contributed by atoms with Crippen LogP contribution in [0, 0.1) is 5.82 Å². The lowest BCUT2D eigenvalue weighted by Gasteiger charge is -2.15. The smallest absolute Gasteiger partial charge is 0.380 e. The summed E-state index contributed by atoms with van der Waals surface area (Å²) in [6.07, 6.45) is -4.50. The number of hydrogen-bond acceptors (Lipinski definition) is 1. The largest absolute Gasteiger partial charge is 0.418 e. The molecule has 106 valence electrons. The number of nitrogens with one attached hydrogen (secondary N) is 1. The van der Waals surface area contributed by atoms with Gasteiger partial charge in [-0.3, -0.25) is 0 Å². The quantitative estimate of drug-likeness (QED) is 0.777. The molecule has 2 aromatic rings. The lowest BCUT2D eigenvalue weighted by atomic mass is 10.1. The molecule has 0 bridgehead atoms. The summed E-state index contributed by atoms with van der Waals surface area (Å²) in [7, 11) is 0. The number of hydrogen-bond donors (Lipinski definition) is 1. The van der Waals surface area contributed by atoms with E-state index in [1.165, 1.54) is 30.3 Å². The van der Waals surface area contributed by atoms with Crippen LogP contribution in [0.5, 0.6) is 0 Å². The van der Waals surface area contributed by atoms with E-state index in [9.17, 15) is 17.6 Å². The zero-order valence-corrected chi connectivity index (χ0v) is 10.9. The molecule has 0 atom stereocenters. The van der Waals surface area contributed by atoms with Gasteiger partial charge >= 0.3 is 6.18 Å². The van der Waals surface area contributed by atoms with E-state index in [0.717, 1.165) is 6.07 Å². The molecule has 0 fully saturated rings. The van der Waals surface area contributed by atoms with E-state index in [4.69, 9.17) is 11.6 Å². The van der Waals surface area contributed by atoms with Crippen LogP contribution in [0.25, 0.3) is 0 Å². The van der Waals surface area contributed by atoms with Crippen molar-refractivity contribution in [2.75, 3.05) is 5.32 Å². The summed E-state index contributed by atoms with van der Waals surface area (Å²) in [5, 5.41) is 2.65. The van der Waals surface area contributed by atoms with Gasteiger partial charge in [0.25, 0.3) is 0 Å². The summed E-state index contributed by atoms with van der Waals surface area (Å²) < 4.78 is 51.6. The molecule has 0 saturated carbocycles. The van der Waals surface area contributed by atoms with Gasteiger partial charge < -0.3 is 5.32 Å². The average molecular weight is 304 g/mol. The Hall–Kier alpha value is -1.75. The fraction of sp³-hybridized carbons (Fsp3) is 0.143. The number of anilines is 1. The molecule has 0 spiro atoms. The molecular formula is C14H10ClF4N. The third kappa shape index (κ3) is 3.63. The Morgan fingerprint density at radius 2 is 1.80 bits per heavy atom. The summed E-state index contributed by atoms with van der Waals surface area (Å²) >= 11 is 5.58. The lowest BCUT2D eigenvalue weighted by Crippen LogP contribution is -2.11. The molecule has 1 N–H and O–H groups in total. The molecule has 0 saturated heterocycles. The van der Waals surface area contributed by atoms with E-state index in [0.29, 0.717) is 5.56 Å². The van der Waals surface area contributed by atoms with Crippen LogP contribution in [0.4, 0.5) is 23.2 Å². The van der Waals surface area contributed by atoms with Gasteiger partial charge in [0.1, 0.15) is 5.82 Å². The standard InChI is InChI=1S/C14H10ClF4N/c15-10-4-5-13(12(7-10)14(17,18)19)20-8-9-2-1-3-11(16)6-9/h1-7,20H,8H2. The first kappa shape index (κ1) is 14.7. The van der Waals surface area contributed by atoms with Crippen LogP contribution in [-0.4, -0.2) is 0 Å². The SMILES string of the molecule is Fc1cccc(CNc2ccc(Cl)cc2C(F)(F)F)c1. The second-order valence-corrected chi connectivity index (χ2v) is 4.61. The first-order valence-corrected chi connectivity index (χ1v) is 6.09. The number of alkyl halides is 3. The highest BCUT2D eigenvalue weighted by atomic mass is 35.5. The molecule has 0 heterocycles. The third-order valence-corrected chi connectivity index (χ3v) is 2.89. The molecule has 1 nitrogen and oxygen atoms in total. The van der Waals surface area contributed by atoms with Gasteiger partial charge in [0.15, 0.2) is 0 Å². The van der Waals surface area contributed by atoms with E-state index < -0.39 is 17.6 Å². The van der Waals surface area contributed by atoms with Gasteiger partial charge in [0.05, 0.1) is 5.56 Å². The number of rotatable bonds is 3. The van der Waals surface area contributed by atoms with Crippen molar-refractivity contribution in [3.05, 3.63) is 64.4 Å². The second kappa shape index (κ2) is 5.71. The molecule has 2 rings (SSSR count). The van der Waals surface area contributed by atoms with E-state index in [-0.39, 0.29) is 17.3 Å². The zero-order valence-electron chi connectivity index (χ0n) is 10.1. The molecule has 20 heavy (non-hydrogen) atoms. The van der Waals surface area contributed by atoms with Crippen LogP contribution in [0.2, 0.25) is 5.02 Å². The van der Waals surface area contributed by atoms with Gasteiger partial charge in [-0.15, -0.1) is 0 Å². The van der Waals surface area contributed by atoms with Crippen molar-refractivity contribution in [1.29, 1.82) is 0 Å². The van der Waals surface area contributed by atoms with E-state index >= 15 is 0 Å². The van der Waals surface area contributed by atoms with Gasteiger partial charge in [-0.05, 0) is 35.9 Å². The van der Waals surface area contributed by atoms with E-state index in [1.54, 1.807) is 6.07 Å². The van der Waals surface area contributed by atoms with Crippen LogP contribution in [0.1, 0.15) is 11.1 Å². The highest BCUT2D eigenvalue weighted by Crippen LogP contribution is 2.36. The maximum atomic E-state index is 13.0. The average Bonchev–Trinajstić information content (AvgIpc) is 2.36. The summed E-state index contributed by atoms with van der Waals surface area (Å²) in [5.74, 6) is -0.434. The van der Waals surface area contributed by atoms with Crippen molar-refractivity contribution >= 4 is 17.3 Å². The minimum Gasteiger partial charge on any atom is -0.380 e. The Labute approximate surface area is 118 Å². The number of benzene rings is 2. The van der Waals surface area contributed by atoms with Crippen molar-refractivity contribution in [2.24, 2.45) is 0 Å². The maximum Gasteiger partial charge on any atom is 0.418 e. The molecular weight excluding hydrogens is 294 g/mol. The molecule has 0 aliphatic heterocycles. The van der Waals surface area contributed by atoms with Crippen LogP contribution >= 0.6 is 11.6 Å². The molecule has 6 heteroatoms. The predicted molar refractivity (Wildman–Crippen MR) is 70.2 cm³/mol. The van der Waals surface area contributed by atoms with Gasteiger partial charge in [-0.25, -0.2) is 4.39 Å². The van der Waals surface area contributed by atoms with Gasteiger partial charge in [-0.2, -0.15) is 13.2 Å². The zero-order chi connectivity index (χ0) is 14.8. The van der Waals surface area contributed by atoms with Crippen molar-refractivity contribution < 1.29 is 17.6 Å². The molecule has 0 aromatic heterocycles. The lowest BCUT2D eigenvalue weighted by molar-refractivity contribution is -0.136. The highest BCUT2D eigenvalue weighted by Gasteiger charge is 2.33. The van der Waals surface area contributed by atoms with E-state index in [2.05, 4.69) is 5.32 Å². The van der Waals surface area contributed by atoms with Crippen LogP contribution in [0.3, 0.4) is 0 Å². The van der Waals surface area contributed by atoms with Crippen LogP contribution in [0.15, 0.2) is 42.5 Å². The molecule has 0 radical (unpaired) electrons. The Kier molecular flexibility index (Phi) is 4.18. The van der Waals surface area contributed by atoms with Crippen molar-refractivity contribution in [3.8, 4) is 0 Å². The second-order valence-electron chi connectivity index (χ2n) is 4.17. The first-order chi connectivity index (χ1) is 9.36. The van der Waals surface area contributed by atoms with Gasteiger partial charge in [0.2, 0.25) is 0 Å². The maximum absolute atomic E-state index is 13.0. The fourth-order valence-corrected chi connectivity index (χ4v) is 1.92. The fourth-order valence-electron chi connectivity index (χ4n) is 1.75. The van der Waals surface area contributed by atoms with Crippen LogP contribution < -0.4 is 5.32 Å². The first-order valence-electron chi connectivity index (χ1n) is 5.71. The monoisotopic (exact) mass is 303 g/mol. The Morgan fingerprint density at radius 3 is 2.45 bits per heavy atom. The summed E-state index contributed by atoms with van der Waals surface area (Å²) in [5.41, 5.74) is -0.388.